The number of halogens is 1. The summed E-state index contributed by atoms with van der Waals surface area (Å²) < 4.78 is 0. The Balaban J connectivity index is 3.13. The maximum atomic E-state index is 10.4. The first-order valence-electron chi connectivity index (χ1n) is 3.64. The molecule has 0 saturated heterocycles. The van der Waals surface area contributed by atoms with Crippen molar-refractivity contribution in [3.8, 4) is 17.9 Å². The fourth-order valence-corrected chi connectivity index (χ4v) is 1.10. The van der Waals surface area contributed by atoms with Crippen LogP contribution in [-0.2, 0) is 4.79 Å². The standard InChI is InChI=1S/C10H5ClN2O/c11-9-4-7(1-2-10(13)14)3-8(5-9)6-12/h3-5H,(H2,13,14). The average molecular weight is 205 g/mol. The first-order valence-corrected chi connectivity index (χ1v) is 4.02. The van der Waals surface area contributed by atoms with Crippen molar-refractivity contribution in [2.24, 2.45) is 5.73 Å². The van der Waals surface area contributed by atoms with E-state index in [0.29, 0.717) is 16.1 Å². The number of carbonyl (C=O) groups excluding carboxylic acids is 1. The molecule has 1 aromatic carbocycles. The van der Waals surface area contributed by atoms with Gasteiger partial charge >= 0.3 is 0 Å². The first-order chi connectivity index (χ1) is 6.61. The van der Waals surface area contributed by atoms with Crippen LogP contribution < -0.4 is 5.73 Å². The Morgan fingerprint density at radius 1 is 1.36 bits per heavy atom. The lowest BCUT2D eigenvalue weighted by Crippen LogP contribution is -2.06. The van der Waals surface area contributed by atoms with Crippen molar-refractivity contribution >= 4 is 17.5 Å². The number of carbonyl (C=O) groups is 1. The average Bonchev–Trinajstić information content (AvgIpc) is 2.14. The Bertz CT molecular complexity index is 477. The second-order valence-electron chi connectivity index (χ2n) is 2.45. The zero-order valence-corrected chi connectivity index (χ0v) is 7.80. The van der Waals surface area contributed by atoms with Gasteiger partial charge in [0.15, 0.2) is 0 Å². The Morgan fingerprint density at radius 3 is 2.57 bits per heavy atom. The van der Waals surface area contributed by atoms with Gasteiger partial charge in [-0.3, -0.25) is 4.79 Å². The van der Waals surface area contributed by atoms with E-state index in [-0.39, 0.29) is 0 Å². The predicted octanol–water partition coefficient (Wildman–Crippen LogP) is 1.05. The highest BCUT2D eigenvalue weighted by atomic mass is 35.5. The largest absolute Gasteiger partial charge is 0.359 e. The fraction of sp³-hybridized carbons (Fsp3) is 0. The van der Waals surface area contributed by atoms with Crippen LogP contribution in [-0.4, -0.2) is 5.91 Å². The summed E-state index contributed by atoms with van der Waals surface area (Å²) in [6, 6.07) is 6.52. The smallest absolute Gasteiger partial charge is 0.293 e. The minimum Gasteiger partial charge on any atom is -0.359 e. The number of nitrogens with zero attached hydrogens (tertiary/aromatic N) is 1. The summed E-state index contributed by atoms with van der Waals surface area (Å²) in [5.41, 5.74) is 5.73. The molecule has 0 aromatic heterocycles. The molecule has 0 unspecified atom stereocenters. The van der Waals surface area contributed by atoms with Crippen molar-refractivity contribution in [2.75, 3.05) is 0 Å². The van der Waals surface area contributed by atoms with Gasteiger partial charge in [-0.05, 0) is 24.1 Å². The van der Waals surface area contributed by atoms with E-state index >= 15 is 0 Å². The van der Waals surface area contributed by atoms with E-state index in [2.05, 4.69) is 11.8 Å². The summed E-state index contributed by atoms with van der Waals surface area (Å²) in [5, 5.41) is 9.02. The fourth-order valence-electron chi connectivity index (χ4n) is 0.860. The Hall–Kier alpha value is -1.97. The third-order valence-corrected chi connectivity index (χ3v) is 1.58. The third-order valence-electron chi connectivity index (χ3n) is 1.36. The second kappa shape index (κ2) is 4.32. The summed E-state index contributed by atoms with van der Waals surface area (Å²) in [4.78, 5) is 10.4. The molecule has 68 valence electrons. The van der Waals surface area contributed by atoms with Gasteiger partial charge in [0.05, 0.1) is 11.6 Å². The molecule has 1 amide bonds. The molecule has 0 heterocycles. The molecule has 2 N–H and O–H groups in total. The lowest BCUT2D eigenvalue weighted by molar-refractivity contribution is -0.112. The summed E-state index contributed by atoms with van der Waals surface area (Å²) in [5.74, 6) is 3.94. The van der Waals surface area contributed by atoms with Gasteiger partial charge in [0.2, 0.25) is 0 Å². The van der Waals surface area contributed by atoms with Crippen LogP contribution in [0, 0.1) is 23.2 Å². The number of benzene rings is 1. The molecule has 1 rings (SSSR count). The molecule has 4 heteroatoms. The van der Waals surface area contributed by atoms with Crippen molar-refractivity contribution in [3.63, 3.8) is 0 Å². The van der Waals surface area contributed by atoms with Crippen LogP contribution >= 0.6 is 11.6 Å². The number of hydrogen-bond donors (Lipinski definition) is 1. The SMILES string of the molecule is N#Cc1cc(Cl)cc(C#CC(N)=O)c1. The van der Waals surface area contributed by atoms with Crippen LogP contribution in [0.1, 0.15) is 11.1 Å². The van der Waals surface area contributed by atoms with Crippen molar-refractivity contribution in [2.45, 2.75) is 0 Å². The van der Waals surface area contributed by atoms with Crippen molar-refractivity contribution < 1.29 is 4.79 Å². The highest BCUT2D eigenvalue weighted by Crippen LogP contribution is 2.13. The molecule has 14 heavy (non-hydrogen) atoms. The maximum absolute atomic E-state index is 10.4. The highest BCUT2D eigenvalue weighted by molar-refractivity contribution is 6.30. The van der Waals surface area contributed by atoms with E-state index < -0.39 is 5.91 Å². The number of nitrogens with two attached hydrogens (primary N) is 1. The van der Waals surface area contributed by atoms with E-state index in [1.54, 1.807) is 6.07 Å². The topological polar surface area (TPSA) is 66.9 Å². The molecule has 0 spiro atoms. The monoisotopic (exact) mass is 204 g/mol. The number of nitriles is 1. The lowest BCUT2D eigenvalue weighted by atomic mass is 10.1. The molecule has 0 radical (unpaired) electrons. The Labute approximate surface area is 86.1 Å². The molecule has 0 aliphatic carbocycles. The van der Waals surface area contributed by atoms with E-state index in [1.165, 1.54) is 12.1 Å². The highest BCUT2D eigenvalue weighted by Gasteiger charge is 1.96. The molecule has 0 saturated carbocycles. The summed E-state index contributed by atoms with van der Waals surface area (Å²) in [6.45, 7) is 0. The quantitative estimate of drug-likeness (QED) is 0.642. The van der Waals surface area contributed by atoms with E-state index in [4.69, 9.17) is 22.6 Å². The van der Waals surface area contributed by atoms with Gasteiger partial charge in [-0.15, -0.1) is 0 Å². The Morgan fingerprint density at radius 2 is 2.00 bits per heavy atom. The number of hydrogen-bond acceptors (Lipinski definition) is 2. The normalized spacial score (nSPS) is 8.29. The second-order valence-corrected chi connectivity index (χ2v) is 2.89. The molecule has 3 nitrogen and oxygen atoms in total. The van der Waals surface area contributed by atoms with E-state index in [1.807, 2.05) is 6.07 Å². The van der Waals surface area contributed by atoms with Gasteiger partial charge in [0, 0.05) is 10.6 Å². The lowest BCUT2D eigenvalue weighted by Gasteiger charge is -1.93. The molecule has 0 aliphatic rings. The van der Waals surface area contributed by atoms with Crippen LogP contribution in [0.15, 0.2) is 18.2 Å². The summed E-state index contributed by atoms with van der Waals surface area (Å²) in [6.07, 6.45) is 0. The molecule has 0 atom stereocenters. The molecular formula is C10H5ClN2O. The summed E-state index contributed by atoms with van der Waals surface area (Å²) >= 11 is 5.71. The molecule has 1 aromatic rings. The zero-order chi connectivity index (χ0) is 10.6. The third kappa shape index (κ3) is 2.82. The van der Waals surface area contributed by atoms with E-state index in [0.717, 1.165) is 0 Å². The minimum absolute atomic E-state index is 0.395. The minimum atomic E-state index is -0.719. The zero-order valence-electron chi connectivity index (χ0n) is 7.04. The van der Waals surface area contributed by atoms with Gasteiger partial charge in [-0.25, -0.2) is 0 Å². The predicted molar refractivity (Wildman–Crippen MR) is 52.2 cm³/mol. The van der Waals surface area contributed by atoms with Gasteiger partial charge < -0.3 is 5.73 Å². The van der Waals surface area contributed by atoms with Crippen LogP contribution in [0.3, 0.4) is 0 Å². The maximum Gasteiger partial charge on any atom is 0.293 e. The summed E-state index contributed by atoms with van der Waals surface area (Å²) in [7, 11) is 0. The van der Waals surface area contributed by atoms with Crippen LogP contribution in [0.4, 0.5) is 0 Å². The van der Waals surface area contributed by atoms with Crippen molar-refractivity contribution in [3.05, 3.63) is 34.3 Å². The van der Waals surface area contributed by atoms with Crippen LogP contribution in [0.25, 0.3) is 0 Å². The van der Waals surface area contributed by atoms with Gasteiger partial charge in [-0.2, -0.15) is 5.26 Å². The first kappa shape index (κ1) is 10.1. The number of amides is 1. The van der Waals surface area contributed by atoms with Gasteiger partial charge in [0.25, 0.3) is 5.91 Å². The molecule has 0 bridgehead atoms. The molecule has 0 aliphatic heterocycles. The van der Waals surface area contributed by atoms with Crippen LogP contribution in [0.5, 0.6) is 0 Å². The number of primary amides is 1. The van der Waals surface area contributed by atoms with Gasteiger partial charge in [0.1, 0.15) is 0 Å². The number of rotatable bonds is 0. The van der Waals surface area contributed by atoms with Crippen molar-refractivity contribution in [1.82, 2.24) is 0 Å². The van der Waals surface area contributed by atoms with Crippen molar-refractivity contribution in [1.29, 1.82) is 5.26 Å². The Kier molecular flexibility index (Phi) is 3.12. The van der Waals surface area contributed by atoms with Crippen LogP contribution in [0.2, 0.25) is 5.02 Å². The molecule has 0 fully saturated rings. The van der Waals surface area contributed by atoms with Gasteiger partial charge in [-0.1, -0.05) is 17.5 Å². The van der Waals surface area contributed by atoms with E-state index in [9.17, 15) is 4.79 Å². The molecular weight excluding hydrogens is 200 g/mol.